The van der Waals surface area contributed by atoms with Crippen LogP contribution in [0, 0.1) is 0 Å². The maximum absolute atomic E-state index is 13.7. The lowest BCUT2D eigenvalue weighted by Gasteiger charge is -2.20. The van der Waals surface area contributed by atoms with Crippen molar-refractivity contribution in [3.8, 4) is 16.9 Å². The van der Waals surface area contributed by atoms with Crippen molar-refractivity contribution in [1.82, 2.24) is 24.5 Å². The molecule has 0 saturated carbocycles. The predicted octanol–water partition coefficient (Wildman–Crippen LogP) is 6.18. The molecule has 3 aromatic carbocycles. The van der Waals surface area contributed by atoms with Crippen LogP contribution in [0.15, 0.2) is 96.2 Å². The van der Waals surface area contributed by atoms with Gasteiger partial charge in [0.05, 0.1) is 29.5 Å². The topological polar surface area (TPSA) is 121 Å². The first-order valence-electron chi connectivity index (χ1n) is 13.6. The number of carbonyl (C=O) groups excluding carboxylic acids is 2. The number of nitrogens with zero attached hydrogens (tertiary/aromatic N) is 5. The number of halogens is 2. The summed E-state index contributed by atoms with van der Waals surface area (Å²) in [6, 6.07) is 21.2. The highest BCUT2D eigenvalue weighted by Gasteiger charge is 2.24. The summed E-state index contributed by atoms with van der Waals surface area (Å²) < 4.78 is 8.16. The number of amides is 1. The van der Waals surface area contributed by atoms with Crippen LogP contribution in [0.2, 0.25) is 10.2 Å². The van der Waals surface area contributed by atoms with E-state index in [0.717, 1.165) is 5.56 Å². The van der Waals surface area contributed by atoms with Crippen LogP contribution in [-0.4, -0.2) is 42.0 Å². The van der Waals surface area contributed by atoms with Crippen LogP contribution < -0.4 is 10.9 Å². The van der Waals surface area contributed by atoms with Gasteiger partial charge in [-0.25, -0.2) is 14.5 Å². The van der Waals surface area contributed by atoms with E-state index in [1.54, 1.807) is 63.2 Å². The Morgan fingerprint density at radius 3 is 2.34 bits per heavy atom. The highest BCUT2D eigenvalue weighted by molar-refractivity contribution is 6.31. The molecule has 0 radical (unpaired) electrons. The van der Waals surface area contributed by atoms with Gasteiger partial charge in [-0.3, -0.25) is 14.2 Å². The Bertz CT molecular complexity index is 1860. The second kappa shape index (κ2) is 12.8. The average molecular weight is 632 g/mol. The Morgan fingerprint density at radius 2 is 1.70 bits per heavy atom. The minimum absolute atomic E-state index is 0.198. The van der Waals surface area contributed by atoms with Crippen LogP contribution in [-0.2, 0) is 16.0 Å². The van der Waals surface area contributed by atoms with Gasteiger partial charge in [-0.1, -0.05) is 58.7 Å². The molecule has 12 heteroatoms. The van der Waals surface area contributed by atoms with E-state index >= 15 is 0 Å². The average Bonchev–Trinajstić information content (AvgIpc) is 3.42. The molecule has 0 aliphatic carbocycles. The lowest BCUT2D eigenvalue weighted by molar-refractivity contribution is -0.119. The van der Waals surface area contributed by atoms with Gasteiger partial charge in [0.25, 0.3) is 5.56 Å². The van der Waals surface area contributed by atoms with E-state index in [4.69, 9.17) is 27.9 Å². The molecular weight excluding hydrogens is 603 g/mol. The van der Waals surface area contributed by atoms with Gasteiger partial charge in [0.1, 0.15) is 11.6 Å². The molecule has 0 spiro atoms. The second-order valence-corrected chi connectivity index (χ2v) is 11.8. The number of rotatable bonds is 8. The van der Waals surface area contributed by atoms with Gasteiger partial charge >= 0.3 is 5.97 Å². The zero-order valence-corrected chi connectivity index (χ0v) is 25.6. The van der Waals surface area contributed by atoms with Crippen LogP contribution in [0.1, 0.15) is 42.7 Å². The van der Waals surface area contributed by atoms with Gasteiger partial charge in [-0.05, 0) is 68.8 Å². The van der Waals surface area contributed by atoms with Crippen molar-refractivity contribution in [3.05, 3.63) is 123 Å². The van der Waals surface area contributed by atoms with E-state index in [-0.39, 0.29) is 11.6 Å². The van der Waals surface area contributed by atoms with Crippen LogP contribution in [0.5, 0.6) is 0 Å². The molecule has 5 aromatic rings. The second-order valence-electron chi connectivity index (χ2n) is 10.9. The van der Waals surface area contributed by atoms with Crippen molar-refractivity contribution in [2.24, 2.45) is 0 Å². The SMILES string of the molecule is CC(C)(C)OC(=O)c1ccc(NC(=O)[C@H](Cc2ccccc2)n2cnc(-c3cc(Cl)ccc3-n3cc(Cl)nn3)cc2=O)cc1. The molecule has 0 aliphatic heterocycles. The van der Waals surface area contributed by atoms with Crippen molar-refractivity contribution in [2.45, 2.75) is 38.8 Å². The first-order valence-corrected chi connectivity index (χ1v) is 14.4. The summed E-state index contributed by atoms with van der Waals surface area (Å²) in [4.78, 5) is 44.2. The number of esters is 1. The zero-order chi connectivity index (χ0) is 31.4. The summed E-state index contributed by atoms with van der Waals surface area (Å²) >= 11 is 12.3. The van der Waals surface area contributed by atoms with Gasteiger partial charge in [0.2, 0.25) is 5.91 Å². The van der Waals surface area contributed by atoms with Crippen molar-refractivity contribution < 1.29 is 14.3 Å². The Hall–Kier alpha value is -4.80. The molecule has 10 nitrogen and oxygen atoms in total. The quantitative estimate of drug-likeness (QED) is 0.203. The lowest BCUT2D eigenvalue weighted by atomic mass is 10.0. The standard InChI is InChI=1S/C32H28Cl2N6O4/c1-32(2,3)44-31(43)21-9-12-23(13-10-21)36-30(42)27(15-20-7-5-4-6-8-20)39-19-35-25(17-29(39)41)24-16-22(33)11-14-26(24)40-18-28(34)37-38-40/h4-14,16-19,27H,15H2,1-3H3,(H,36,42)/t27-/m0/s1. The normalized spacial score (nSPS) is 12.0. The minimum atomic E-state index is -0.940. The van der Waals surface area contributed by atoms with Crippen molar-refractivity contribution >= 4 is 40.8 Å². The van der Waals surface area contributed by atoms with Gasteiger partial charge in [0, 0.05) is 28.8 Å². The maximum atomic E-state index is 13.7. The molecule has 1 N–H and O–H groups in total. The fourth-order valence-electron chi connectivity index (χ4n) is 4.47. The molecule has 44 heavy (non-hydrogen) atoms. The number of aromatic nitrogens is 5. The van der Waals surface area contributed by atoms with E-state index < -0.39 is 29.1 Å². The molecule has 1 amide bonds. The third-order valence-electron chi connectivity index (χ3n) is 6.48. The van der Waals surface area contributed by atoms with Gasteiger partial charge in [0.15, 0.2) is 5.15 Å². The molecule has 1 atom stereocenters. The minimum Gasteiger partial charge on any atom is -0.456 e. The number of carbonyl (C=O) groups is 2. The van der Waals surface area contributed by atoms with E-state index in [1.165, 1.54) is 27.8 Å². The van der Waals surface area contributed by atoms with Crippen LogP contribution in [0.25, 0.3) is 16.9 Å². The summed E-state index contributed by atoms with van der Waals surface area (Å²) in [6.45, 7) is 5.36. The van der Waals surface area contributed by atoms with Gasteiger partial charge < -0.3 is 10.1 Å². The van der Waals surface area contributed by atoms with E-state index in [1.807, 2.05) is 30.3 Å². The monoisotopic (exact) mass is 630 g/mol. The van der Waals surface area contributed by atoms with E-state index in [9.17, 15) is 14.4 Å². The lowest BCUT2D eigenvalue weighted by Crippen LogP contribution is -2.34. The summed E-state index contributed by atoms with van der Waals surface area (Å²) in [7, 11) is 0. The fraction of sp³-hybridized carbons (Fsp3) is 0.188. The van der Waals surface area contributed by atoms with Crippen molar-refractivity contribution in [3.63, 3.8) is 0 Å². The number of nitrogens with one attached hydrogen (secondary N) is 1. The first kappa shape index (κ1) is 30.7. The molecule has 5 rings (SSSR count). The molecule has 0 aliphatic rings. The van der Waals surface area contributed by atoms with Crippen LogP contribution >= 0.6 is 23.2 Å². The third kappa shape index (κ3) is 7.39. The molecule has 2 heterocycles. The Balaban J connectivity index is 1.45. The highest BCUT2D eigenvalue weighted by Crippen LogP contribution is 2.28. The van der Waals surface area contributed by atoms with Gasteiger partial charge in [-0.15, -0.1) is 5.10 Å². The zero-order valence-electron chi connectivity index (χ0n) is 24.1. The largest absolute Gasteiger partial charge is 0.456 e. The Kier molecular flexibility index (Phi) is 8.93. The number of benzene rings is 3. The Morgan fingerprint density at radius 1 is 0.977 bits per heavy atom. The van der Waals surface area contributed by atoms with Crippen molar-refractivity contribution in [2.75, 3.05) is 5.32 Å². The number of hydrogen-bond donors (Lipinski definition) is 1. The summed E-state index contributed by atoms with van der Waals surface area (Å²) in [5, 5.41) is 11.3. The number of anilines is 1. The molecule has 0 unspecified atom stereocenters. The smallest absolute Gasteiger partial charge is 0.338 e. The molecule has 0 fully saturated rings. The van der Waals surface area contributed by atoms with Crippen LogP contribution in [0.4, 0.5) is 5.69 Å². The summed E-state index contributed by atoms with van der Waals surface area (Å²) in [5.41, 5.74) is 1.98. The molecule has 0 saturated heterocycles. The summed E-state index contributed by atoms with van der Waals surface area (Å²) in [6.07, 6.45) is 3.09. The Labute approximate surface area is 263 Å². The molecule has 224 valence electrons. The maximum Gasteiger partial charge on any atom is 0.338 e. The molecular formula is C32H28Cl2N6O4. The van der Waals surface area contributed by atoms with Gasteiger partial charge in [-0.2, -0.15) is 0 Å². The number of ether oxygens (including phenoxy) is 1. The molecule has 2 aromatic heterocycles. The molecule has 0 bridgehead atoms. The van der Waals surface area contributed by atoms with Crippen LogP contribution in [0.3, 0.4) is 0 Å². The van der Waals surface area contributed by atoms with E-state index in [2.05, 4.69) is 20.6 Å². The first-order chi connectivity index (χ1) is 21.0. The summed E-state index contributed by atoms with van der Waals surface area (Å²) in [5.74, 6) is -0.902. The van der Waals surface area contributed by atoms with Crippen molar-refractivity contribution in [1.29, 1.82) is 0 Å². The fourth-order valence-corrected chi connectivity index (χ4v) is 4.77. The highest BCUT2D eigenvalue weighted by atomic mass is 35.5. The van der Waals surface area contributed by atoms with E-state index in [0.29, 0.717) is 33.2 Å². The third-order valence-corrected chi connectivity index (χ3v) is 6.89. The number of hydrogen-bond acceptors (Lipinski definition) is 7. The predicted molar refractivity (Wildman–Crippen MR) is 168 cm³/mol.